The van der Waals surface area contributed by atoms with Crippen molar-refractivity contribution >= 4 is 29.8 Å². The normalized spacial score (nSPS) is 29.5. The summed E-state index contributed by atoms with van der Waals surface area (Å²) < 4.78 is 45.3. The molecule has 2 aliphatic rings. The van der Waals surface area contributed by atoms with E-state index in [9.17, 15) is 39.3 Å². The third kappa shape index (κ3) is 9.24. The fourth-order valence-corrected chi connectivity index (χ4v) is 4.36. The van der Waals surface area contributed by atoms with Crippen LogP contribution in [0.3, 0.4) is 0 Å². The predicted molar refractivity (Wildman–Crippen MR) is 162 cm³/mol. The van der Waals surface area contributed by atoms with Crippen molar-refractivity contribution in [3.63, 3.8) is 0 Å². The smallest absolute Gasteiger partial charge is 0.333 e. The van der Waals surface area contributed by atoms with Crippen LogP contribution in [-0.2, 0) is 61.9 Å². The first kappa shape index (κ1) is 40.0. The minimum absolute atomic E-state index is 0.0789. The van der Waals surface area contributed by atoms with E-state index < -0.39 is 104 Å². The Morgan fingerprint density at radius 2 is 0.938 bits per heavy atom. The second kappa shape index (κ2) is 16.8. The van der Waals surface area contributed by atoms with E-state index in [0.29, 0.717) is 0 Å². The summed E-state index contributed by atoms with van der Waals surface area (Å²) in [6, 6.07) is 0. The summed E-state index contributed by atoms with van der Waals surface area (Å²) in [7, 11) is 0. The molecule has 0 bridgehead atoms. The molecule has 0 aromatic heterocycles. The monoisotopic (exact) mass is 682 g/mol. The molecule has 16 heteroatoms. The molecular formula is C32H42O16. The second-order valence-electron chi connectivity index (χ2n) is 11.4. The molecule has 266 valence electrons. The van der Waals surface area contributed by atoms with Crippen molar-refractivity contribution in [2.75, 3.05) is 19.8 Å². The number of hydrogen-bond acceptors (Lipinski definition) is 16. The number of carbonyl (C=O) groups excluding carboxylic acids is 5. The lowest BCUT2D eigenvalue weighted by atomic mass is 9.97. The molecule has 2 saturated heterocycles. The summed E-state index contributed by atoms with van der Waals surface area (Å²) in [4.78, 5) is 63.7. The topological polar surface area (TPSA) is 220 Å². The van der Waals surface area contributed by atoms with Gasteiger partial charge in [0.2, 0.25) is 12.1 Å². The van der Waals surface area contributed by atoms with Gasteiger partial charge >= 0.3 is 29.8 Å². The first-order valence-corrected chi connectivity index (χ1v) is 14.5. The number of rotatable bonds is 15. The van der Waals surface area contributed by atoms with Gasteiger partial charge in [0.15, 0.2) is 30.5 Å². The third-order valence-electron chi connectivity index (χ3n) is 6.89. The van der Waals surface area contributed by atoms with Gasteiger partial charge in [-0.15, -0.1) is 0 Å². The summed E-state index contributed by atoms with van der Waals surface area (Å²) in [5.74, 6) is -7.71. The zero-order chi connectivity index (χ0) is 36.7. The van der Waals surface area contributed by atoms with Crippen molar-refractivity contribution in [1.82, 2.24) is 0 Å². The molecule has 0 aromatic rings. The fourth-order valence-electron chi connectivity index (χ4n) is 4.36. The van der Waals surface area contributed by atoms with Gasteiger partial charge in [-0.1, -0.05) is 32.9 Å². The van der Waals surface area contributed by atoms with Crippen molar-refractivity contribution in [2.24, 2.45) is 0 Å². The van der Waals surface area contributed by atoms with E-state index in [4.69, 9.17) is 37.9 Å². The number of aliphatic hydroxyl groups excluding tert-OH is 3. The minimum Gasteiger partial charge on any atom is -0.452 e. The maximum atomic E-state index is 12.9. The Labute approximate surface area is 277 Å². The molecule has 0 aliphatic carbocycles. The van der Waals surface area contributed by atoms with E-state index in [0.717, 1.165) is 0 Å². The Hall–Kier alpha value is -4.19. The molecule has 2 heterocycles. The van der Waals surface area contributed by atoms with Crippen LogP contribution in [0.15, 0.2) is 60.8 Å². The van der Waals surface area contributed by atoms with Crippen LogP contribution in [0.2, 0.25) is 0 Å². The molecular weight excluding hydrogens is 640 g/mol. The Kier molecular flexibility index (Phi) is 14.0. The van der Waals surface area contributed by atoms with Crippen LogP contribution in [0.5, 0.6) is 0 Å². The largest absolute Gasteiger partial charge is 0.452 e. The quantitative estimate of drug-likeness (QED) is 0.120. The van der Waals surface area contributed by atoms with Crippen molar-refractivity contribution < 1.29 is 77.2 Å². The van der Waals surface area contributed by atoms with E-state index in [-0.39, 0.29) is 27.9 Å². The van der Waals surface area contributed by atoms with E-state index in [1.807, 2.05) is 0 Å². The van der Waals surface area contributed by atoms with Gasteiger partial charge in [0, 0.05) is 27.9 Å². The maximum absolute atomic E-state index is 12.9. The molecule has 2 fully saturated rings. The van der Waals surface area contributed by atoms with Crippen LogP contribution in [0.1, 0.15) is 34.6 Å². The molecule has 16 nitrogen and oxygen atoms in total. The van der Waals surface area contributed by atoms with Gasteiger partial charge in [0.25, 0.3) is 0 Å². The van der Waals surface area contributed by atoms with Crippen LogP contribution in [0.4, 0.5) is 0 Å². The number of hydrogen-bond donors (Lipinski definition) is 3. The Bertz CT molecular complexity index is 1350. The molecule has 0 radical (unpaired) electrons. The van der Waals surface area contributed by atoms with Gasteiger partial charge in [-0.2, -0.15) is 0 Å². The van der Waals surface area contributed by atoms with Crippen molar-refractivity contribution in [2.45, 2.75) is 89.4 Å². The zero-order valence-electron chi connectivity index (χ0n) is 27.4. The molecule has 0 unspecified atom stereocenters. The van der Waals surface area contributed by atoms with E-state index in [1.165, 1.54) is 34.6 Å². The van der Waals surface area contributed by atoms with Gasteiger partial charge in [-0.25, -0.2) is 24.0 Å². The molecule has 0 spiro atoms. The van der Waals surface area contributed by atoms with Gasteiger partial charge in [0.05, 0.1) is 13.2 Å². The summed E-state index contributed by atoms with van der Waals surface area (Å²) in [5.41, 5.74) is -0.565. The van der Waals surface area contributed by atoms with E-state index in [1.54, 1.807) is 0 Å². The fraction of sp³-hybridized carbons (Fsp3) is 0.531. The molecule has 0 aromatic carbocycles. The van der Waals surface area contributed by atoms with Crippen LogP contribution in [0.25, 0.3) is 0 Å². The molecule has 48 heavy (non-hydrogen) atoms. The second-order valence-corrected chi connectivity index (χ2v) is 11.4. The summed E-state index contributed by atoms with van der Waals surface area (Å²) in [5, 5.41) is 31.2. The third-order valence-corrected chi connectivity index (χ3v) is 6.89. The Morgan fingerprint density at radius 3 is 1.33 bits per heavy atom. The van der Waals surface area contributed by atoms with Crippen molar-refractivity contribution in [3.8, 4) is 0 Å². The number of carbonyl (C=O) groups is 5. The Morgan fingerprint density at radius 1 is 0.562 bits per heavy atom. The van der Waals surface area contributed by atoms with Crippen LogP contribution in [0, 0.1) is 0 Å². The lowest BCUT2D eigenvalue weighted by Gasteiger charge is -2.46. The molecule has 0 saturated carbocycles. The standard InChI is InChI=1S/C32H42O16/c1-14(2)26(36)42-21-19(11-33)41-31(24(45-29(39)17(7)8)23(21)44-28(38)16(5)6)48-32(13-35)25(46-30(40)18(9)10)22(20(12-34)47-32)43-27(37)15(3)4/h19-25,31,33-35H,1,3,5,7,9,11-13H2,2,4,6,8,10H3/t19-,20-,21-,22-,23+,24-,25+,31-,32+/m1/s1. The van der Waals surface area contributed by atoms with Crippen LogP contribution in [-0.4, -0.2) is 120 Å². The summed E-state index contributed by atoms with van der Waals surface area (Å²) >= 11 is 0. The van der Waals surface area contributed by atoms with Gasteiger partial charge in [-0.3, -0.25) is 0 Å². The van der Waals surface area contributed by atoms with Crippen LogP contribution < -0.4 is 0 Å². The van der Waals surface area contributed by atoms with Gasteiger partial charge in [0.1, 0.15) is 18.8 Å². The highest BCUT2D eigenvalue weighted by Crippen LogP contribution is 2.41. The average molecular weight is 683 g/mol. The maximum Gasteiger partial charge on any atom is 0.333 e. The summed E-state index contributed by atoms with van der Waals surface area (Å²) in [6.45, 7) is 21.1. The minimum atomic E-state index is -2.57. The van der Waals surface area contributed by atoms with E-state index in [2.05, 4.69) is 32.9 Å². The lowest BCUT2D eigenvalue weighted by molar-refractivity contribution is -0.383. The number of ether oxygens (including phenoxy) is 8. The molecule has 3 N–H and O–H groups in total. The summed E-state index contributed by atoms with van der Waals surface area (Å²) in [6.07, 6.45) is -13.9. The highest BCUT2D eigenvalue weighted by molar-refractivity contribution is 5.89. The van der Waals surface area contributed by atoms with Gasteiger partial charge < -0.3 is 53.2 Å². The highest BCUT2D eigenvalue weighted by Gasteiger charge is 2.64. The Balaban J connectivity index is 2.78. The first-order chi connectivity index (χ1) is 22.3. The highest BCUT2D eigenvalue weighted by atomic mass is 16.8. The number of esters is 5. The molecule has 2 rings (SSSR count). The molecule has 0 amide bonds. The first-order valence-electron chi connectivity index (χ1n) is 14.5. The van der Waals surface area contributed by atoms with E-state index >= 15 is 0 Å². The zero-order valence-corrected chi connectivity index (χ0v) is 27.4. The average Bonchev–Trinajstić information content (AvgIpc) is 3.30. The van der Waals surface area contributed by atoms with Crippen LogP contribution >= 0.6 is 0 Å². The number of aliphatic hydroxyl groups is 3. The molecule has 9 atom stereocenters. The van der Waals surface area contributed by atoms with Crippen molar-refractivity contribution in [1.29, 1.82) is 0 Å². The van der Waals surface area contributed by atoms with Crippen molar-refractivity contribution in [3.05, 3.63) is 60.8 Å². The SMILES string of the molecule is C=C(C)C(=O)O[C@@H]1[C@@H](OC(=O)C(=C)C)[C@@H](O[C@]2(CO)O[C@H](CO)[C@@H](OC(=O)C(=C)C)[C@@H]2OC(=O)C(=C)C)O[C@H](CO)[C@H]1OC(=O)C(=C)C. The lowest BCUT2D eigenvalue weighted by Crippen LogP contribution is -2.65. The molecule has 2 aliphatic heterocycles. The predicted octanol–water partition coefficient (Wildman–Crippen LogP) is 0.239. The van der Waals surface area contributed by atoms with Gasteiger partial charge in [-0.05, 0) is 34.6 Å².